The Labute approximate surface area is 189 Å². The summed E-state index contributed by atoms with van der Waals surface area (Å²) in [4.78, 5) is 17.6. The Morgan fingerprint density at radius 2 is 2.09 bits per heavy atom. The third kappa shape index (κ3) is 3.84. The molecule has 168 valence electrons. The van der Waals surface area contributed by atoms with Crippen LogP contribution in [0.2, 0.25) is 0 Å². The van der Waals surface area contributed by atoms with Gasteiger partial charge in [0.15, 0.2) is 11.6 Å². The molecule has 2 aromatic heterocycles. The van der Waals surface area contributed by atoms with Gasteiger partial charge in [-0.1, -0.05) is 6.07 Å². The average molecular weight is 447 g/mol. The van der Waals surface area contributed by atoms with Gasteiger partial charge in [0.2, 0.25) is 0 Å². The maximum absolute atomic E-state index is 14.8. The van der Waals surface area contributed by atoms with E-state index in [1.807, 2.05) is 10.8 Å². The van der Waals surface area contributed by atoms with Crippen LogP contribution in [0.4, 0.5) is 10.1 Å². The zero-order valence-electron chi connectivity index (χ0n) is 18.4. The van der Waals surface area contributed by atoms with Crippen LogP contribution < -0.4 is 10.1 Å². The second-order valence-corrected chi connectivity index (χ2v) is 8.07. The minimum Gasteiger partial charge on any atom is -0.494 e. The Hall–Kier alpha value is -4.08. The largest absolute Gasteiger partial charge is 0.494 e. The molecular formula is C23H22FN7O2. The molecule has 1 amide bonds. The van der Waals surface area contributed by atoms with Crippen molar-refractivity contribution < 1.29 is 13.9 Å². The topological polar surface area (TPSA) is 99.8 Å². The van der Waals surface area contributed by atoms with Crippen molar-refractivity contribution in [1.29, 1.82) is 0 Å². The monoisotopic (exact) mass is 447 g/mol. The van der Waals surface area contributed by atoms with Gasteiger partial charge in [0.05, 0.1) is 41.6 Å². The van der Waals surface area contributed by atoms with Crippen molar-refractivity contribution in [3.63, 3.8) is 0 Å². The van der Waals surface area contributed by atoms with Gasteiger partial charge < -0.3 is 14.6 Å². The number of aryl methyl sites for hydroxylation is 2. The lowest BCUT2D eigenvalue weighted by atomic mass is 10.1. The molecule has 33 heavy (non-hydrogen) atoms. The van der Waals surface area contributed by atoms with E-state index in [2.05, 4.69) is 25.8 Å². The molecule has 1 saturated carbocycles. The van der Waals surface area contributed by atoms with E-state index in [0.717, 1.165) is 18.5 Å². The van der Waals surface area contributed by atoms with Crippen LogP contribution in [0.25, 0.3) is 17.1 Å². The van der Waals surface area contributed by atoms with Gasteiger partial charge in [-0.25, -0.2) is 14.1 Å². The maximum atomic E-state index is 14.8. The van der Waals surface area contributed by atoms with Crippen molar-refractivity contribution in [3.05, 3.63) is 65.5 Å². The van der Waals surface area contributed by atoms with E-state index in [-0.39, 0.29) is 5.56 Å². The predicted octanol–water partition coefficient (Wildman–Crippen LogP) is 3.65. The summed E-state index contributed by atoms with van der Waals surface area (Å²) in [5.74, 6) is 0.142. The third-order valence-electron chi connectivity index (χ3n) is 5.73. The Balaban J connectivity index is 1.48. The van der Waals surface area contributed by atoms with Crippen LogP contribution in [0, 0.1) is 12.7 Å². The number of halogens is 1. The number of imidazole rings is 1. The Kier molecular flexibility index (Phi) is 5.12. The quantitative estimate of drug-likeness (QED) is 0.484. The van der Waals surface area contributed by atoms with E-state index < -0.39 is 11.7 Å². The molecule has 9 nitrogen and oxygen atoms in total. The van der Waals surface area contributed by atoms with Crippen LogP contribution in [0.1, 0.15) is 40.4 Å². The standard InChI is InChI=1S/C23H22FN7O2/c1-13-9-17(24)16(10-20(13)31-11-19(25-12-31)14-7-8-14)23(32)26-18-6-4-5-15(21(18)33-3)22-27-28-29-30(22)2/h4-6,9-12,14H,7-8H2,1-3H3,(H,26,32). The number of anilines is 1. The number of aromatic nitrogens is 6. The van der Waals surface area contributed by atoms with Gasteiger partial charge in [-0.15, -0.1) is 5.10 Å². The molecule has 0 atom stereocenters. The first-order valence-corrected chi connectivity index (χ1v) is 10.5. The van der Waals surface area contributed by atoms with Gasteiger partial charge in [0, 0.05) is 19.2 Å². The fourth-order valence-electron chi connectivity index (χ4n) is 3.85. The van der Waals surface area contributed by atoms with E-state index in [1.165, 1.54) is 17.9 Å². The number of nitrogens with zero attached hydrogens (tertiary/aromatic N) is 6. The van der Waals surface area contributed by atoms with Gasteiger partial charge in [-0.05, 0) is 60.0 Å². The molecule has 1 aliphatic carbocycles. The van der Waals surface area contributed by atoms with Crippen molar-refractivity contribution in [3.8, 4) is 22.8 Å². The molecule has 1 N–H and O–H groups in total. The number of ether oxygens (including phenoxy) is 1. The van der Waals surface area contributed by atoms with E-state index in [0.29, 0.717) is 40.0 Å². The zero-order chi connectivity index (χ0) is 23.1. The molecule has 10 heteroatoms. The molecule has 0 aliphatic heterocycles. The molecule has 0 spiro atoms. The third-order valence-corrected chi connectivity index (χ3v) is 5.73. The van der Waals surface area contributed by atoms with Crippen molar-refractivity contribution in [1.82, 2.24) is 29.8 Å². The minimum absolute atomic E-state index is 0.0787. The second kappa shape index (κ2) is 8.12. The maximum Gasteiger partial charge on any atom is 0.258 e. The number of carbonyl (C=O) groups is 1. The lowest BCUT2D eigenvalue weighted by molar-refractivity contribution is 0.102. The van der Waals surface area contributed by atoms with Crippen molar-refractivity contribution in [2.75, 3.05) is 12.4 Å². The molecule has 0 unspecified atom stereocenters. The number of para-hydroxylation sites is 1. The number of rotatable bonds is 6. The number of benzene rings is 2. The fourth-order valence-corrected chi connectivity index (χ4v) is 3.85. The van der Waals surface area contributed by atoms with Crippen molar-refractivity contribution >= 4 is 11.6 Å². The number of amides is 1. The van der Waals surface area contributed by atoms with E-state index >= 15 is 0 Å². The number of methoxy groups -OCH3 is 1. The van der Waals surface area contributed by atoms with Gasteiger partial charge in [-0.2, -0.15) is 0 Å². The highest BCUT2D eigenvalue weighted by molar-refractivity contribution is 6.06. The smallest absolute Gasteiger partial charge is 0.258 e. The molecule has 2 aromatic carbocycles. The Morgan fingerprint density at radius 3 is 2.79 bits per heavy atom. The SMILES string of the molecule is COc1c(NC(=O)c2cc(-n3cnc(C4CC4)c3)c(C)cc2F)cccc1-c1nnnn1C. The molecule has 0 bridgehead atoms. The van der Waals surface area contributed by atoms with Crippen LogP contribution in [-0.4, -0.2) is 42.8 Å². The number of hydrogen-bond acceptors (Lipinski definition) is 6. The minimum atomic E-state index is -0.607. The molecule has 0 radical (unpaired) electrons. The zero-order valence-corrected chi connectivity index (χ0v) is 18.4. The highest BCUT2D eigenvalue weighted by Gasteiger charge is 2.26. The van der Waals surface area contributed by atoms with Crippen molar-refractivity contribution in [2.24, 2.45) is 7.05 Å². The molecule has 5 rings (SSSR count). The summed E-state index contributed by atoms with van der Waals surface area (Å²) in [5, 5.41) is 14.3. The molecule has 1 fully saturated rings. The number of hydrogen-bond donors (Lipinski definition) is 1. The van der Waals surface area contributed by atoms with E-state index in [4.69, 9.17) is 4.74 Å². The number of nitrogens with one attached hydrogen (secondary N) is 1. The summed E-state index contributed by atoms with van der Waals surface area (Å²) in [7, 11) is 3.19. The van der Waals surface area contributed by atoms with Gasteiger partial charge in [-0.3, -0.25) is 4.79 Å². The van der Waals surface area contributed by atoms with Gasteiger partial charge >= 0.3 is 0 Å². The van der Waals surface area contributed by atoms with Crippen LogP contribution in [0.15, 0.2) is 42.9 Å². The Morgan fingerprint density at radius 1 is 1.27 bits per heavy atom. The summed E-state index contributed by atoms with van der Waals surface area (Å²) in [6, 6.07) is 8.10. The molecule has 0 saturated heterocycles. The highest BCUT2D eigenvalue weighted by atomic mass is 19.1. The number of carbonyl (C=O) groups excluding carboxylic acids is 1. The van der Waals surface area contributed by atoms with E-state index in [1.54, 1.807) is 44.6 Å². The second-order valence-electron chi connectivity index (χ2n) is 8.07. The van der Waals surface area contributed by atoms with Crippen molar-refractivity contribution in [2.45, 2.75) is 25.7 Å². The molecule has 1 aliphatic rings. The normalized spacial score (nSPS) is 13.2. The first-order chi connectivity index (χ1) is 16.0. The summed E-state index contributed by atoms with van der Waals surface area (Å²) < 4.78 is 23.7. The summed E-state index contributed by atoms with van der Waals surface area (Å²) in [5.41, 5.74) is 3.32. The lowest BCUT2D eigenvalue weighted by Gasteiger charge is -2.15. The summed E-state index contributed by atoms with van der Waals surface area (Å²) in [6.07, 6.45) is 5.93. The predicted molar refractivity (Wildman–Crippen MR) is 119 cm³/mol. The molecule has 4 aromatic rings. The fraction of sp³-hybridized carbons (Fsp3) is 0.261. The molecule has 2 heterocycles. The first-order valence-electron chi connectivity index (χ1n) is 10.5. The van der Waals surface area contributed by atoms with Crippen LogP contribution in [0.5, 0.6) is 5.75 Å². The van der Waals surface area contributed by atoms with E-state index in [9.17, 15) is 9.18 Å². The van der Waals surface area contributed by atoms with Gasteiger partial charge in [0.25, 0.3) is 5.91 Å². The number of tetrazole rings is 1. The summed E-state index contributed by atoms with van der Waals surface area (Å²) >= 11 is 0. The summed E-state index contributed by atoms with van der Waals surface area (Å²) in [6.45, 7) is 1.80. The van der Waals surface area contributed by atoms with Crippen LogP contribution >= 0.6 is 0 Å². The average Bonchev–Trinajstić information content (AvgIpc) is 3.37. The first kappa shape index (κ1) is 20.8. The van der Waals surface area contributed by atoms with Crippen LogP contribution in [-0.2, 0) is 7.05 Å². The van der Waals surface area contributed by atoms with Gasteiger partial charge in [0.1, 0.15) is 5.82 Å². The molecular weight excluding hydrogens is 425 g/mol. The van der Waals surface area contributed by atoms with Crippen LogP contribution in [0.3, 0.4) is 0 Å². The Bertz CT molecular complexity index is 1360. The lowest BCUT2D eigenvalue weighted by Crippen LogP contribution is -2.16. The highest BCUT2D eigenvalue weighted by Crippen LogP contribution is 2.39.